The molecule has 3 heterocycles. The Kier molecular flexibility index (Phi) is 5.68. The first-order valence-electron chi connectivity index (χ1n) is 13.7. The molecular formula is C38H24N2S. The summed E-state index contributed by atoms with van der Waals surface area (Å²) in [6.45, 7) is 0. The Labute approximate surface area is 242 Å². The summed E-state index contributed by atoms with van der Waals surface area (Å²) < 4.78 is 0. The predicted octanol–water partition coefficient (Wildman–Crippen LogP) is 10.7. The minimum atomic E-state index is 1.13. The predicted molar refractivity (Wildman–Crippen MR) is 174 cm³/mol. The maximum Gasteiger partial charge on any atom is 0.0434 e. The smallest absolute Gasteiger partial charge is 0.0434 e. The van der Waals surface area contributed by atoms with Gasteiger partial charge in [0.25, 0.3) is 0 Å². The topological polar surface area (TPSA) is 25.8 Å². The molecule has 192 valence electrons. The van der Waals surface area contributed by atoms with Crippen molar-refractivity contribution in [1.29, 1.82) is 0 Å². The summed E-state index contributed by atoms with van der Waals surface area (Å²) >= 11 is 1.88. The van der Waals surface area contributed by atoms with Crippen molar-refractivity contribution in [2.75, 3.05) is 0 Å². The van der Waals surface area contributed by atoms with E-state index >= 15 is 0 Å². The molecule has 0 aliphatic heterocycles. The minimum absolute atomic E-state index is 1.13. The number of rotatable bonds is 4. The zero-order chi connectivity index (χ0) is 27.2. The van der Waals surface area contributed by atoms with Crippen LogP contribution in [-0.2, 0) is 0 Å². The van der Waals surface area contributed by atoms with Crippen LogP contribution in [-0.4, -0.2) is 9.97 Å². The number of hydrogen-bond donors (Lipinski definition) is 0. The molecular weight excluding hydrogens is 516 g/mol. The van der Waals surface area contributed by atoms with Gasteiger partial charge in [0.1, 0.15) is 0 Å². The minimum Gasteiger partial charge on any atom is -0.264 e. The standard InChI is InChI=1S/C38H24N2S/c1-3-9-25(10-4-1)27-13-7-15-29(21-27)37-35-31-17-19-39-23-33(31)34-24-40-20-18-32(34)36(35)38(41-37)30-16-8-14-28(22-30)26-11-5-2-6-12-26/h1-24H. The van der Waals surface area contributed by atoms with Gasteiger partial charge in [0.2, 0.25) is 0 Å². The van der Waals surface area contributed by atoms with Crippen LogP contribution in [0, 0.1) is 0 Å². The number of nitrogens with zero attached hydrogens (tertiary/aromatic N) is 2. The second kappa shape index (κ2) is 9.81. The molecule has 8 rings (SSSR count). The average Bonchev–Trinajstić information content (AvgIpc) is 3.47. The number of benzene rings is 5. The second-order valence-corrected chi connectivity index (χ2v) is 11.3. The van der Waals surface area contributed by atoms with Crippen LogP contribution >= 0.6 is 11.3 Å². The van der Waals surface area contributed by atoms with Crippen molar-refractivity contribution >= 4 is 43.7 Å². The highest BCUT2D eigenvalue weighted by molar-refractivity contribution is 7.21. The van der Waals surface area contributed by atoms with Gasteiger partial charge < -0.3 is 0 Å². The number of aromatic nitrogens is 2. The van der Waals surface area contributed by atoms with Gasteiger partial charge in [-0.15, -0.1) is 11.3 Å². The van der Waals surface area contributed by atoms with Gasteiger partial charge in [0.05, 0.1) is 0 Å². The fourth-order valence-electron chi connectivity index (χ4n) is 5.95. The molecule has 0 fully saturated rings. The van der Waals surface area contributed by atoms with Gasteiger partial charge in [-0.25, -0.2) is 0 Å². The first-order chi connectivity index (χ1) is 20.3. The monoisotopic (exact) mass is 540 g/mol. The third-order valence-corrected chi connectivity index (χ3v) is 9.13. The van der Waals surface area contributed by atoms with Crippen LogP contribution in [0.5, 0.6) is 0 Å². The van der Waals surface area contributed by atoms with E-state index in [1.54, 1.807) is 0 Å². The number of hydrogen-bond acceptors (Lipinski definition) is 3. The molecule has 0 radical (unpaired) electrons. The van der Waals surface area contributed by atoms with E-state index < -0.39 is 0 Å². The van der Waals surface area contributed by atoms with Crippen molar-refractivity contribution in [3.63, 3.8) is 0 Å². The lowest BCUT2D eigenvalue weighted by Gasteiger charge is -2.10. The molecule has 0 spiro atoms. The molecule has 3 aromatic heterocycles. The fraction of sp³-hybridized carbons (Fsp3) is 0. The summed E-state index contributed by atoms with van der Waals surface area (Å²) in [6.07, 6.45) is 7.77. The zero-order valence-electron chi connectivity index (χ0n) is 22.2. The molecule has 0 unspecified atom stereocenters. The van der Waals surface area contributed by atoms with Gasteiger partial charge >= 0.3 is 0 Å². The Balaban J connectivity index is 1.47. The lowest BCUT2D eigenvalue weighted by molar-refractivity contribution is 1.35. The van der Waals surface area contributed by atoms with Crippen LogP contribution in [0.15, 0.2) is 146 Å². The molecule has 0 aliphatic carbocycles. The molecule has 0 saturated heterocycles. The van der Waals surface area contributed by atoms with Crippen LogP contribution in [0.4, 0.5) is 0 Å². The van der Waals surface area contributed by atoms with E-state index in [0.29, 0.717) is 0 Å². The van der Waals surface area contributed by atoms with Crippen molar-refractivity contribution in [3.8, 4) is 43.1 Å². The summed E-state index contributed by atoms with van der Waals surface area (Å²) in [4.78, 5) is 11.6. The first-order valence-corrected chi connectivity index (χ1v) is 14.5. The zero-order valence-corrected chi connectivity index (χ0v) is 23.0. The van der Waals surface area contributed by atoms with Crippen molar-refractivity contribution in [2.45, 2.75) is 0 Å². The van der Waals surface area contributed by atoms with Crippen LogP contribution in [0.3, 0.4) is 0 Å². The molecule has 0 N–H and O–H groups in total. The van der Waals surface area contributed by atoms with Gasteiger partial charge in [-0.3, -0.25) is 9.97 Å². The highest BCUT2D eigenvalue weighted by Gasteiger charge is 2.21. The second-order valence-electron chi connectivity index (χ2n) is 10.2. The van der Waals surface area contributed by atoms with Crippen LogP contribution in [0.25, 0.3) is 75.5 Å². The third kappa shape index (κ3) is 4.02. The fourth-order valence-corrected chi connectivity index (χ4v) is 7.27. The lowest BCUT2D eigenvalue weighted by Crippen LogP contribution is -1.86. The summed E-state index contributed by atoms with van der Waals surface area (Å²) in [7, 11) is 0. The lowest BCUT2D eigenvalue weighted by atomic mass is 9.93. The number of pyridine rings is 2. The van der Waals surface area contributed by atoms with Crippen molar-refractivity contribution in [3.05, 3.63) is 146 Å². The van der Waals surface area contributed by atoms with Gasteiger partial charge in [0.15, 0.2) is 0 Å². The summed E-state index contributed by atoms with van der Waals surface area (Å²) in [5.74, 6) is 0. The molecule has 8 aromatic rings. The molecule has 0 amide bonds. The van der Waals surface area contributed by atoms with Gasteiger partial charge in [0, 0.05) is 56.1 Å². The van der Waals surface area contributed by atoms with E-state index in [9.17, 15) is 0 Å². The van der Waals surface area contributed by atoms with E-state index in [1.807, 2.05) is 36.1 Å². The maximum absolute atomic E-state index is 4.51. The van der Waals surface area contributed by atoms with E-state index in [0.717, 1.165) is 10.8 Å². The van der Waals surface area contributed by atoms with Gasteiger partial charge in [-0.05, 0) is 68.4 Å². The van der Waals surface area contributed by atoms with Gasteiger partial charge in [-0.2, -0.15) is 0 Å². The van der Waals surface area contributed by atoms with Gasteiger partial charge in [-0.1, -0.05) is 97.1 Å². The summed E-state index contributed by atoms with van der Waals surface area (Å²) in [5.41, 5.74) is 7.31. The van der Waals surface area contributed by atoms with E-state index in [-0.39, 0.29) is 0 Å². The SMILES string of the molecule is c1ccc(-c2cccc(-c3sc(-c4cccc(-c5ccccc5)c4)c4c5ccncc5c5cnccc5c34)c2)cc1. The Morgan fingerprint density at radius 2 is 0.780 bits per heavy atom. The van der Waals surface area contributed by atoms with Crippen molar-refractivity contribution in [2.24, 2.45) is 0 Å². The highest BCUT2D eigenvalue weighted by Crippen LogP contribution is 2.50. The van der Waals surface area contributed by atoms with Crippen LogP contribution < -0.4 is 0 Å². The van der Waals surface area contributed by atoms with Crippen molar-refractivity contribution in [1.82, 2.24) is 9.97 Å². The molecule has 0 bridgehead atoms. The van der Waals surface area contributed by atoms with Crippen molar-refractivity contribution < 1.29 is 0 Å². The number of thiophene rings is 1. The Morgan fingerprint density at radius 1 is 0.366 bits per heavy atom. The first kappa shape index (κ1) is 23.7. The summed E-state index contributed by atoms with van der Waals surface area (Å²) in [6, 6.07) is 43.4. The molecule has 0 aliphatic rings. The average molecular weight is 541 g/mol. The van der Waals surface area contributed by atoms with E-state index in [4.69, 9.17) is 0 Å². The highest BCUT2D eigenvalue weighted by atomic mass is 32.1. The molecule has 3 heteroatoms. The summed E-state index contributed by atoms with van der Waals surface area (Å²) in [5, 5.41) is 7.22. The quantitative estimate of drug-likeness (QED) is 0.208. The molecule has 0 atom stereocenters. The molecule has 41 heavy (non-hydrogen) atoms. The van der Waals surface area contributed by atoms with Crippen LogP contribution in [0.1, 0.15) is 0 Å². The molecule has 2 nitrogen and oxygen atoms in total. The normalized spacial score (nSPS) is 11.4. The Bertz CT molecular complexity index is 2040. The largest absolute Gasteiger partial charge is 0.264 e. The van der Waals surface area contributed by atoms with E-state index in [1.165, 1.54) is 64.7 Å². The molecule has 5 aromatic carbocycles. The maximum atomic E-state index is 4.51. The Morgan fingerprint density at radius 3 is 1.24 bits per heavy atom. The van der Waals surface area contributed by atoms with E-state index in [2.05, 4.69) is 131 Å². The third-order valence-electron chi connectivity index (χ3n) is 7.84. The Hall–Kier alpha value is -5.12. The van der Waals surface area contributed by atoms with Crippen LogP contribution in [0.2, 0.25) is 0 Å². The number of fused-ring (bicyclic) bond motifs is 6. The molecule has 0 saturated carbocycles.